The van der Waals surface area contributed by atoms with Crippen molar-refractivity contribution in [2.45, 2.75) is 42.6 Å². The van der Waals surface area contributed by atoms with Crippen LogP contribution in [0.4, 0.5) is 16.3 Å². The molecule has 1 aliphatic carbocycles. The third kappa shape index (κ3) is 6.16. The first kappa shape index (κ1) is 23.0. The van der Waals surface area contributed by atoms with Gasteiger partial charge in [-0.2, -0.15) is 15.0 Å². The van der Waals surface area contributed by atoms with Crippen molar-refractivity contribution in [2.75, 3.05) is 22.9 Å². The van der Waals surface area contributed by atoms with Crippen molar-refractivity contribution in [2.24, 2.45) is 5.92 Å². The summed E-state index contributed by atoms with van der Waals surface area (Å²) in [5.74, 6) is -0.174. The maximum absolute atomic E-state index is 13.8. The molecule has 2 atom stereocenters. The lowest BCUT2D eigenvalue weighted by atomic mass is 9.80. The Morgan fingerprint density at radius 2 is 2.00 bits per heavy atom. The van der Waals surface area contributed by atoms with Gasteiger partial charge in [-0.3, -0.25) is 4.72 Å². The van der Waals surface area contributed by atoms with Crippen LogP contribution in [-0.4, -0.2) is 47.4 Å². The number of nitrogens with one attached hydrogen (secondary N) is 2. The Hall–Kier alpha value is -1.69. The average molecular weight is 476 g/mol. The standard InChI is InChI=1S/C18H23ClFN5O3S2/c1-10(12-6-7-13(19)14(20)8-12)29-18-23-16(21-15(9-26)11-4-3-5-11)22-17(24-18)25-30(2,27)28/h6-8,10-11,15,26H,3-5,9H2,1-2H3,(H2,21,22,23,24,25)/t10?,15-/m0/s1. The number of hydrogen-bond acceptors (Lipinski definition) is 8. The molecule has 0 spiro atoms. The molecule has 1 unspecified atom stereocenters. The average Bonchev–Trinajstić information content (AvgIpc) is 2.60. The first-order chi connectivity index (χ1) is 14.1. The van der Waals surface area contributed by atoms with Gasteiger partial charge in [0.25, 0.3) is 0 Å². The van der Waals surface area contributed by atoms with Crippen molar-refractivity contribution in [3.05, 3.63) is 34.6 Å². The third-order valence-corrected chi connectivity index (χ3v) is 6.70. The van der Waals surface area contributed by atoms with Crippen LogP contribution >= 0.6 is 23.4 Å². The Bertz CT molecular complexity index is 1010. The topological polar surface area (TPSA) is 117 Å². The van der Waals surface area contributed by atoms with Crippen LogP contribution in [-0.2, 0) is 10.0 Å². The van der Waals surface area contributed by atoms with Crippen molar-refractivity contribution in [3.8, 4) is 0 Å². The molecule has 164 valence electrons. The number of sulfonamides is 1. The fraction of sp³-hybridized carbons (Fsp3) is 0.500. The molecule has 1 saturated carbocycles. The molecular weight excluding hydrogens is 453 g/mol. The van der Waals surface area contributed by atoms with E-state index in [1.54, 1.807) is 6.07 Å². The zero-order valence-corrected chi connectivity index (χ0v) is 18.9. The summed E-state index contributed by atoms with van der Waals surface area (Å²) in [6, 6.07) is 4.30. The smallest absolute Gasteiger partial charge is 0.242 e. The van der Waals surface area contributed by atoms with Crippen molar-refractivity contribution in [1.82, 2.24) is 15.0 Å². The molecule has 0 bridgehead atoms. The van der Waals surface area contributed by atoms with E-state index in [4.69, 9.17) is 11.6 Å². The molecule has 1 aliphatic rings. The minimum absolute atomic E-state index is 0.0354. The highest BCUT2D eigenvalue weighted by Gasteiger charge is 2.27. The van der Waals surface area contributed by atoms with E-state index < -0.39 is 15.8 Å². The van der Waals surface area contributed by atoms with Gasteiger partial charge in [0, 0.05) is 5.25 Å². The first-order valence-electron chi connectivity index (χ1n) is 9.37. The molecule has 0 radical (unpaired) electrons. The quantitative estimate of drug-likeness (QED) is 0.472. The molecule has 12 heteroatoms. The van der Waals surface area contributed by atoms with Gasteiger partial charge < -0.3 is 10.4 Å². The fourth-order valence-electron chi connectivity index (χ4n) is 3.00. The van der Waals surface area contributed by atoms with Gasteiger partial charge in [-0.1, -0.05) is 35.9 Å². The Kier molecular flexibility index (Phi) is 7.38. The number of benzene rings is 1. The van der Waals surface area contributed by atoms with E-state index in [0.29, 0.717) is 11.5 Å². The second-order valence-electron chi connectivity index (χ2n) is 7.20. The number of anilines is 2. The Morgan fingerprint density at radius 3 is 2.57 bits per heavy atom. The zero-order chi connectivity index (χ0) is 21.9. The number of nitrogens with zero attached hydrogens (tertiary/aromatic N) is 3. The van der Waals surface area contributed by atoms with E-state index >= 15 is 0 Å². The van der Waals surface area contributed by atoms with Gasteiger partial charge in [-0.25, -0.2) is 12.8 Å². The number of halogens is 2. The normalized spacial score (nSPS) is 16.6. The zero-order valence-electron chi connectivity index (χ0n) is 16.5. The highest BCUT2D eigenvalue weighted by molar-refractivity contribution is 7.99. The Balaban J connectivity index is 1.85. The minimum Gasteiger partial charge on any atom is -0.394 e. The highest BCUT2D eigenvalue weighted by Crippen LogP contribution is 2.35. The van der Waals surface area contributed by atoms with Crippen molar-refractivity contribution < 1.29 is 17.9 Å². The van der Waals surface area contributed by atoms with Crippen LogP contribution in [0, 0.1) is 11.7 Å². The van der Waals surface area contributed by atoms with Gasteiger partial charge in [-0.15, -0.1) is 0 Å². The maximum Gasteiger partial charge on any atom is 0.242 e. The number of rotatable bonds is 9. The molecule has 30 heavy (non-hydrogen) atoms. The summed E-state index contributed by atoms with van der Waals surface area (Å²) >= 11 is 6.96. The number of aromatic nitrogens is 3. The van der Waals surface area contributed by atoms with Crippen LogP contribution in [0.5, 0.6) is 0 Å². The van der Waals surface area contributed by atoms with Crippen molar-refractivity contribution >= 4 is 45.3 Å². The van der Waals surface area contributed by atoms with Crippen LogP contribution in [0.25, 0.3) is 0 Å². The molecule has 3 rings (SSSR count). The maximum atomic E-state index is 13.8. The Morgan fingerprint density at radius 1 is 1.30 bits per heavy atom. The van der Waals surface area contributed by atoms with Crippen LogP contribution in [0.1, 0.15) is 37.0 Å². The van der Waals surface area contributed by atoms with Crippen LogP contribution in [0.3, 0.4) is 0 Å². The van der Waals surface area contributed by atoms with Gasteiger partial charge in [0.15, 0.2) is 5.16 Å². The lowest BCUT2D eigenvalue weighted by Gasteiger charge is -2.33. The summed E-state index contributed by atoms with van der Waals surface area (Å²) in [6.45, 7) is 1.76. The van der Waals surface area contributed by atoms with Gasteiger partial charge in [0.2, 0.25) is 21.9 Å². The van der Waals surface area contributed by atoms with E-state index in [-0.39, 0.29) is 40.0 Å². The largest absolute Gasteiger partial charge is 0.394 e. The van der Waals surface area contributed by atoms with Crippen molar-refractivity contribution in [3.63, 3.8) is 0 Å². The molecule has 8 nitrogen and oxygen atoms in total. The molecule has 0 amide bonds. The summed E-state index contributed by atoms with van der Waals surface area (Å²) < 4.78 is 39.3. The Labute approximate surface area is 184 Å². The number of aliphatic hydroxyl groups is 1. The number of hydrogen-bond donors (Lipinski definition) is 3. The second-order valence-corrected chi connectivity index (χ2v) is 10.7. The summed E-state index contributed by atoms with van der Waals surface area (Å²) in [4.78, 5) is 12.7. The predicted octanol–water partition coefficient (Wildman–Crippen LogP) is 3.46. The summed E-state index contributed by atoms with van der Waals surface area (Å²) in [5.41, 5.74) is 0.678. The monoisotopic (exact) mass is 475 g/mol. The molecule has 2 aromatic rings. The lowest BCUT2D eigenvalue weighted by molar-refractivity contribution is 0.186. The predicted molar refractivity (Wildman–Crippen MR) is 116 cm³/mol. The van der Waals surface area contributed by atoms with E-state index in [2.05, 4.69) is 25.0 Å². The molecule has 3 N–H and O–H groups in total. The molecule has 1 fully saturated rings. The molecule has 1 aromatic carbocycles. The van der Waals surface area contributed by atoms with Gasteiger partial charge in [0.05, 0.1) is 23.9 Å². The van der Waals surface area contributed by atoms with E-state index in [0.717, 1.165) is 25.5 Å². The minimum atomic E-state index is -3.60. The molecule has 0 saturated heterocycles. The molecular formula is C18H23ClFN5O3S2. The van der Waals surface area contributed by atoms with Gasteiger partial charge in [0.1, 0.15) is 5.82 Å². The second kappa shape index (κ2) is 9.63. The number of aliphatic hydroxyl groups excluding tert-OH is 1. The van der Waals surface area contributed by atoms with Crippen LogP contribution < -0.4 is 10.0 Å². The fourth-order valence-corrected chi connectivity index (χ4v) is 4.41. The third-order valence-electron chi connectivity index (χ3n) is 4.82. The van der Waals surface area contributed by atoms with Gasteiger partial charge >= 0.3 is 0 Å². The van der Waals surface area contributed by atoms with Crippen LogP contribution in [0.2, 0.25) is 5.02 Å². The van der Waals surface area contributed by atoms with Crippen molar-refractivity contribution in [1.29, 1.82) is 0 Å². The van der Waals surface area contributed by atoms with E-state index in [9.17, 15) is 17.9 Å². The summed E-state index contributed by atoms with van der Waals surface area (Å²) in [7, 11) is -3.60. The molecule has 1 heterocycles. The lowest BCUT2D eigenvalue weighted by Crippen LogP contribution is -2.37. The summed E-state index contributed by atoms with van der Waals surface area (Å²) in [5, 5.41) is 12.8. The first-order valence-corrected chi connectivity index (χ1v) is 12.5. The highest BCUT2D eigenvalue weighted by atomic mass is 35.5. The molecule has 0 aliphatic heterocycles. The number of thioether (sulfide) groups is 1. The SMILES string of the molecule is CC(Sc1nc(N[C@@H](CO)C2CCC2)nc(NS(C)(=O)=O)n1)c1ccc(Cl)c(F)c1. The van der Waals surface area contributed by atoms with Gasteiger partial charge in [-0.05, 0) is 43.4 Å². The molecule has 1 aromatic heterocycles. The summed E-state index contributed by atoms with van der Waals surface area (Å²) in [6.07, 6.45) is 4.11. The van der Waals surface area contributed by atoms with E-state index in [1.165, 1.54) is 23.9 Å². The van der Waals surface area contributed by atoms with Crippen LogP contribution in [0.15, 0.2) is 23.4 Å². The van der Waals surface area contributed by atoms with E-state index in [1.807, 2.05) is 6.92 Å².